The molecule has 2 rings (SSSR count). The van der Waals surface area contributed by atoms with Gasteiger partial charge >= 0.3 is 6.61 Å². The summed E-state index contributed by atoms with van der Waals surface area (Å²) >= 11 is 0. The van der Waals surface area contributed by atoms with Crippen LogP contribution in [0, 0.1) is 5.92 Å². The van der Waals surface area contributed by atoms with Gasteiger partial charge in [-0.1, -0.05) is 13.8 Å². The molecular formula is C17H23F2N3O5. The van der Waals surface area contributed by atoms with E-state index < -0.39 is 24.5 Å². The van der Waals surface area contributed by atoms with Crippen LogP contribution >= 0.6 is 0 Å². The fourth-order valence-corrected chi connectivity index (χ4v) is 2.36. The maximum absolute atomic E-state index is 12.7. The lowest BCUT2D eigenvalue weighted by Gasteiger charge is -2.21. The van der Waals surface area contributed by atoms with Crippen LogP contribution in [0.4, 0.5) is 8.78 Å². The van der Waals surface area contributed by atoms with E-state index >= 15 is 0 Å². The second kappa shape index (κ2) is 8.85. The van der Waals surface area contributed by atoms with Crippen LogP contribution in [-0.2, 0) is 16.1 Å². The molecule has 1 heterocycles. The van der Waals surface area contributed by atoms with Crippen molar-refractivity contribution in [1.29, 1.82) is 0 Å². The molecular weight excluding hydrogens is 364 g/mol. The molecule has 1 atom stereocenters. The summed E-state index contributed by atoms with van der Waals surface area (Å²) < 4.78 is 40.2. The highest BCUT2D eigenvalue weighted by Crippen LogP contribution is 2.39. The fourth-order valence-electron chi connectivity index (χ4n) is 2.36. The third-order valence-corrected chi connectivity index (χ3v) is 4.04. The van der Waals surface area contributed by atoms with Gasteiger partial charge in [0.2, 0.25) is 18.6 Å². The Bertz CT molecular complexity index is 699. The van der Waals surface area contributed by atoms with E-state index in [9.17, 15) is 18.4 Å². The first kappa shape index (κ1) is 20.7. The largest absolute Gasteiger partial charge is 0.454 e. The topological polar surface area (TPSA) is 103 Å². The van der Waals surface area contributed by atoms with E-state index in [-0.39, 0.29) is 31.5 Å². The van der Waals surface area contributed by atoms with Crippen molar-refractivity contribution in [3.05, 3.63) is 17.7 Å². The zero-order valence-electron chi connectivity index (χ0n) is 15.3. The predicted octanol–water partition coefficient (Wildman–Crippen LogP) is 1.07. The van der Waals surface area contributed by atoms with Crippen molar-refractivity contribution in [1.82, 2.24) is 10.2 Å². The Morgan fingerprint density at radius 2 is 1.93 bits per heavy atom. The zero-order chi connectivity index (χ0) is 20.1. The number of hydrogen-bond acceptors (Lipinski definition) is 6. The van der Waals surface area contributed by atoms with E-state index in [0.717, 1.165) is 0 Å². The Labute approximate surface area is 155 Å². The molecule has 0 aromatic heterocycles. The first-order valence-electron chi connectivity index (χ1n) is 8.33. The molecule has 0 spiro atoms. The molecule has 8 nitrogen and oxygen atoms in total. The van der Waals surface area contributed by atoms with E-state index in [1.807, 2.05) is 0 Å². The summed E-state index contributed by atoms with van der Waals surface area (Å²) in [5, 5.41) is 2.47. The number of carbonyl (C=O) groups excluding carboxylic acids is 2. The van der Waals surface area contributed by atoms with Crippen LogP contribution in [0.15, 0.2) is 12.1 Å². The van der Waals surface area contributed by atoms with Gasteiger partial charge in [0.05, 0.1) is 12.6 Å². The van der Waals surface area contributed by atoms with Crippen molar-refractivity contribution in [2.75, 3.05) is 20.4 Å². The van der Waals surface area contributed by atoms with E-state index in [1.165, 1.54) is 24.1 Å². The van der Waals surface area contributed by atoms with Gasteiger partial charge in [0.1, 0.15) is 5.75 Å². The van der Waals surface area contributed by atoms with E-state index in [1.54, 1.807) is 13.8 Å². The summed E-state index contributed by atoms with van der Waals surface area (Å²) in [4.78, 5) is 25.3. The molecule has 150 valence electrons. The van der Waals surface area contributed by atoms with Crippen molar-refractivity contribution in [2.24, 2.45) is 11.7 Å². The van der Waals surface area contributed by atoms with Crippen molar-refractivity contribution >= 4 is 11.8 Å². The molecule has 1 aromatic rings. The Morgan fingerprint density at radius 3 is 2.52 bits per heavy atom. The molecule has 1 aliphatic rings. The highest BCUT2D eigenvalue weighted by Gasteiger charge is 2.23. The van der Waals surface area contributed by atoms with E-state index in [4.69, 9.17) is 15.2 Å². The molecule has 0 radical (unpaired) electrons. The Balaban J connectivity index is 2.02. The fraction of sp³-hybridized carbons (Fsp3) is 0.529. The second-order valence-corrected chi connectivity index (χ2v) is 6.43. The number of likely N-dealkylation sites (N-methyl/N-ethyl adjacent to an activating group) is 1. The second-order valence-electron chi connectivity index (χ2n) is 6.43. The van der Waals surface area contributed by atoms with Crippen LogP contribution in [0.5, 0.6) is 17.2 Å². The lowest BCUT2D eigenvalue weighted by atomic mass is 10.1. The van der Waals surface area contributed by atoms with E-state index in [0.29, 0.717) is 17.1 Å². The average molecular weight is 387 g/mol. The summed E-state index contributed by atoms with van der Waals surface area (Å²) in [5.74, 6) is -0.362. The summed E-state index contributed by atoms with van der Waals surface area (Å²) in [7, 11) is 1.48. The third-order valence-electron chi connectivity index (χ3n) is 4.04. The normalized spacial score (nSPS) is 13.6. The molecule has 0 unspecified atom stereocenters. The van der Waals surface area contributed by atoms with Gasteiger partial charge in [-0.15, -0.1) is 0 Å². The summed E-state index contributed by atoms with van der Waals surface area (Å²) in [6, 6.07) is 2.06. The van der Waals surface area contributed by atoms with Gasteiger partial charge in [-0.25, -0.2) is 0 Å². The number of nitrogens with one attached hydrogen (secondary N) is 1. The number of carbonyl (C=O) groups is 2. The maximum Gasteiger partial charge on any atom is 0.387 e. The lowest BCUT2D eigenvalue weighted by Crippen LogP contribution is -2.47. The molecule has 27 heavy (non-hydrogen) atoms. The van der Waals surface area contributed by atoms with Crippen molar-refractivity contribution in [3.8, 4) is 17.2 Å². The number of amides is 2. The molecule has 3 N–H and O–H groups in total. The van der Waals surface area contributed by atoms with Gasteiger partial charge < -0.3 is 30.2 Å². The number of benzene rings is 1. The molecule has 10 heteroatoms. The lowest BCUT2D eigenvalue weighted by molar-refractivity contribution is -0.132. The minimum absolute atomic E-state index is 0.0240. The Hall–Kier alpha value is -2.62. The zero-order valence-corrected chi connectivity index (χ0v) is 15.3. The first-order chi connectivity index (χ1) is 12.7. The van der Waals surface area contributed by atoms with Crippen LogP contribution in [-0.4, -0.2) is 49.8 Å². The summed E-state index contributed by atoms with van der Waals surface area (Å²) in [5.41, 5.74) is 6.03. The average Bonchev–Trinajstić information content (AvgIpc) is 3.05. The standard InChI is InChI=1S/C17H23F2N3O5/c1-9(2)15(20)16(24)21-6-14(23)22(3)7-10-4-12-13(26-8-25-12)5-11(10)27-17(18)19/h4-5,9,15,17H,6-8,20H2,1-3H3,(H,21,24)/t15-/m0/s1. The highest BCUT2D eigenvalue weighted by atomic mass is 19.3. The van der Waals surface area contributed by atoms with Crippen molar-refractivity contribution in [3.63, 3.8) is 0 Å². The molecule has 1 aromatic carbocycles. The Kier molecular flexibility index (Phi) is 6.78. The number of hydrogen-bond donors (Lipinski definition) is 2. The minimum atomic E-state index is -3.03. The highest BCUT2D eigenvalue weighted by molar-refractivity contribution is 5.87. The van der Waals surface area contributed by atoms with Gasteiger partial charge in [0.25, 0.3) is 0 Å². The van der Waals surface area contributed by atoms with Crippen molar-refractivity contribution in [2.45, 2.75) is 33.0 Å². The molecule has 0 saturated heterocycles. The summed E-state index contributed by atoms with van der Waals surface area (Å²) in [6.07, 6.45) is 0. The number of fused-ring (bicyclic) bond motifs is 1. The van der Waals surface area contributed by atoms with Crippen LogP contribution in [0.25, 0.3) is 0 Å². The quantitative estimate of drug-likeness (QED) is 0.692. The number of ether oxygens (including phenoxy) is 3. The Morgan fingerprint density at radius 1 is 1.30 bits per heavy atom. The number of halogens is 2. The molecule has 0 bridgehead atoms. The maximum atomic E-state index is 12.7. The monoisotopic (exact) mass is 387 g/mol. The van der Waals surface area contributed by atoms with Crippen LogP contribution in [0.3, 0.4) is 0 Å². The van der Waals surface area contributed by atoms with Crippen LogP contribution in [0.2, 0.25) is 0 Å². The molecule has 2 amide bonds. The number of alkyl halides is 2. The third kappa shape index (κ3) is 5.43. The molecule has 0 aliphatic carbocycles. The summed E-state index contributed by atoms with van der Waals surface area (Å²) in [6.45, 7) is 0.255. The molecule has 0 saturated carbocycles. The number of rotatable bonds is 8. The number of nitrogens with two attached hydrogens (primary N) is 1. The van der Waals surface area contributed by atoms with Gasteiger partial charge in [-0.3, -0.25) is 9.59 Å². The predicted molar refractivity (Wildman–Crippen MR) is 91.5 cm³/mol. The van der Waals surface area contributed by atoms with Crippen LogP contribution < -0.4 is 25.3 Å². The smallest absolute Gasteiger partial charge is 0.387 e. The first-order valence-corrected chi connectivity index (χ1v) is 8.33. The molecule has 1 aliphatic heterocycles. The van der Waals surface area contributed by atoms with E-state index in [2.05, 4.69) is 10.1 Å². The SMILES string of the molecule is CC(C)[C@H](N)C(=O)NCC(=O)N(C)Cc1cc2c(cc1OC(F)F)OCO2. The minimum Gasteiger partial charge on any atom is -0.454 e. The van der Waals surface area contributed by atoms with Gasteiger partial charge in [-0.2, -0.15) is 8.78 Å². The van der Waals surface area contributed by atoms with Gasteiger partial charge in [-0.05, 0) is 12.0 Å². The van der Waals surface area contributed by atoms with Crippen molar-refractivity contribution < 1.29 is 32.6 Å². The van der Waals surface area contributed by atoms with Gasteiger partial charge in [0, 0.05) is 25.2 Å². The van der Waals surface area contributed by atoms with Crippen LogP contribution in [0.1, 0.15) is 19.4 Å². The number of nitrogens with zero attached hydrogens (tertiary/aromatic N) is 1. The van der Waals surface area contributed by atoms with Gasteiger partial charge in [0.15, 0.2) is 11.5 Å². The molecule has 0 fully saturated rings.